The van der Waals surface area contributed by atoms with Crippen LogP contribution in [-0.2, 0) is 14.3 Å². The molecule has 2 unspecified atom stereocenters. The third-order valence-corrected chi connectivity index (χ3v) is 7.60. The van der Waals surface area contributed by atoms with Crippen molar-refractivity contribution >= 4 is 11.8 Å². The fourth-order valence-electron chi connectivity index (χ4n) is 5.64. The number of carbonyl (C=O) groups excluding carboxylic acids is 2. The van der Waals surface area contributed by atoms with Crippen LogP contribution in [0.2, 0.25) is 0 Å². The van der Waals surface area contributed by atoms with Gasteiger partial charge in [0.15, 0.2) is 0 Å². The maximum absolute atomic E-state index is 13.6. The van der Waals surface area contributed by atoms with Gasteiger partial charge in [-0.15, -0.1) is 0 Å². The van der Waals surface area contributed by atoms with Crippen LogP contribution in [0.4, 0.5) is 0 Å². The van der Waals surface area contributed by atoms with Crippen molar-refractivity contribution in [1.82, 2.24) is 15.5 Å². The van der Waals surface area contributed by atoms with Crippen molar-refractivity contribution in [3.05, 3.63) is 36.0 Å². The second kappa shape index (κ2) is 12.2. The van der Waals surface area contributed by atoms with E-state index in [9.17, 15) is 9.59 Å². The minimum Gasteiger partial charge on any atom is -0.383 e. The number of nitrogens with zero attached hydrogens (tertiary/aromatic N) is 1. The number of ether oxygens (including phenoxy) is 1. The van der Waals surface area contributed by atoms with Gasteiger partial charge in [-0.25, -0.2) is 0 Å². The van der Waals surface area contributed by atoms with Crippen molar-refractivity contribution in [2.75, 3.05) is 33.4 Å². The SMILES string of the molecule is COCCNC1CC=CC(C(=O)N[C@@H](C(=O)N2CC[C@H](C3=CCCC=C3)C(C)(C)C2)C(C)C)C1. The summed E-state index contributed by atoms with van der Waals surface area (Å²) in [5.74, 6) is 0.292. The van der Waals surface area contributed by atoms with Crippen LogP contribution in [0.15, 0.2) is 36.0 Å². The summed E-state index contributed by atoms with van der Waals surface area (Å²) in [6, 6.07) is -0.240. The van der Waals surface area contributed by atoms with Crippen LogP contribution in [0, 0.1) is 23.2 Å². The molecule has 0 aromatic carbocycles. The highest BCUT2D eigenvalue weighted by molar-refractivity contribution is 5.89. The van der Waals surface area contributed by atoms with Crippen LogP contribution >= 0.6 is 0 Å². The van der Waals surface area contributed by atoms with Gasteiger partial charge in [-0.2, -0.15) is 0 Å². The van der Waals surface area contributed by atoms with Gasteiger partial charge in [0.1, 0.15) is 6.04 Å². The number of allylic oxidation sites excluding steroid dienone is 4. The van der Waals surface area contributed by atoms with Gasteiger partial charge >= 0.3 is 0 Å². The Morgan fingerprint density at radius 2 is 2.03 bits per heavy atom. The van der Waals surface area contributed by atoms with Crippen molar-refractivity contribution in [2.24, 2.45) is 23.2 Å². The summed E-state index contributed by atoms with van der Waals surface area (Å²) < 4.78 is 5.12. The molecule has 1 aliphatic heterocycles. The van der Waals surface area contributed by atoms with Crippen molar-refractivity contribution in [2.45, 2.75) is 71.9 Å². The van der Waals surface area contributed by atoms with Crippen LogP contribution in [0.3, 0.4) is 0 Å². The first kappa shape index (κ1) is 26.7. The van der Waals surface area contributed by atoms with E-state index in [2.05, 4.69) is 48.8 Å². The molecular formula is C28H45N3O3. The Kier molecular flexibility index (Phi) is 9.55. The Morgan fingerprint density at radius 1 is 1.24 bits per heavy atom. The Hall–Kier alpha value is -1.92. The van der Waals surface area contributed by atoms with Crippen molar-refractivity contribution < 1.29 is 14.3 Å². The fourth-order valence-corrected chi connectivity index (χ4v) is 5.64. The quantitative estimate of drug-likeness (QED) is 0.396. The number of carbonyl (C=O) groups is 2. The van der Waals surface area contributed by atoms with E-state index in [4.69, 9.17) is 4.74 Å². The second-order valence-corrected chi connectivity index (χ2v) is 11.2. The lowest BCUT2D eigenvalue weighted by molar-refractivity contribution is -0.141. The van der Waals surface area contributed by atoms with E-state index in [1.807, 2.05) is 24.8 Å². The van der Waals surface area contributed by atoms with E-state index in [1.165, 1.54) is 5.57 Å². The molecule has 34 heavy (non-hydrogen) atoms. The van der Waals surface area contributed by atoms with Crippen molar-refractivity contribution in [3.8, 4) is 0 Å². The number of amides is 2. The van der Waals surface area contributed by atoms with Crippen LogP contribution in [-0.4, -0.2) is 62.1 Å². The number of hydrogen-bond donors (Lipinski definition) is 2. The maximum Gasteiger partial charge on any atom is 0.245 e. The first-order valence-electron chi connectivity index (χ1n) is 13.1. The van der Waals surface area contributed by atoms with Gasteiger partial charge in [-0.3, -0.25) is 9.59 Å². The largest absolute Gasteiger partial charge is 0.383 e. The van der Waals surface area contributed by atoms with Crippen LogP contribution in [0.1, 0.15) is 59.8 Å². The average Bonchev–Trinajstić information content (AvgIpc) is 2.82. The number of hydrogen-bond acceptors (Lipinski definition) is 4. The topological polar surface area (TPSA) is 70.7 Å². The molecule has 2 aliphatic carbocycles. The Labute approximate surface area is 206 Å². The van der Waals surface area contributed by atoms with E-state index in [0.717, 1.165) is 51.7 Å². The number of likely N-dealkylation sites (tertiary alicyclic amines) is 1. The van der Waals surface area contributed by atoms with Crippen LogP contribution < -0.4 is 10.6 Å². The summed E-state index contributed by atoms with van der Waals surface area (Å²) in [6.07, 6.45) is 15.8. The molecule has 1 saturated heterocycles. The molecule has 1 fully saturated rings. The first-order valence-corrected chi connectivity index (χ1v) is 13.1. The van der Waals surface area contributed by atoms with Gasteiger partial charge in [0.05, 0.1) is 12.5 Å². The standard InChI is InChI=1S/C28H45N3O3/c1-20(2)25(30-26(32)22-12-9-13-23(18-22)29-15-17-34-5)27(33)31-16-14-24(28(3,4)19-31)21-10-7-6-8-11-21/h7,9-12,20,22-25,29H,6,8,13-19H2,1-5H3,(H,30,32)/t22?,23?,24-,25-/m1/s1. The third-order valence-electron chi connectivity index (χ3n) is 7.60. The highest BCUT2D eigenvalue weighted by Gasteiger charge is 2.41. The molecule has 3 rings (SSSR count). The minimum atomic E-state index is -0.496. The number of rotatable bonds is 9. The van der Waals surface area contributed by atoms with E-state index >= 15 is 0 Å². The summed E-state index contributed by atoms with van der Waals surface area (Å²) >= 11 is 0. The summed E-state index contributed by atoms with van der Waals surface area (Å²) in [5.41, 5.74) is 1.43. The van der Waals surface area contributed by atoms with E-state index in [-0.39, 0.29) is 35.1 Å². The van der Waals surface area contributed by atoms with Gasteiger partial charge in [-0.05, 0) is 54.9 Å². The van der Waals surface area contributed by atoms with Crippen molar-refractivity contribution in [3.63, 3.8) is 0 Å². The maximum atomic E-state index is 13.6. The number of methoxy groups -OCH3 is 1. The van der Waals surface area contributed by atoms with Crippen molar-refractivity contribution in [1.29, 1.82) is 0 Å². The predicted octanol–water partition coefficient (Wildman–Crippen LogP) is 3.85. The molecule has 3 aliphatic rings. The normalized spacial score (nSPS) is 27.4. The molecule has 1 heterocycles. The molecule has 0 spiro atoms. The van der Waals surface area contributed by atoms with Gasteiger partial charge in [0.25, 0.3) is 0 Å². The number of nitrogens with one attached hydrogen (secondary N) is 2. The van der Waals surface area contributed by atoms with Gasteiger partial charge in [0.2, 0.25) is 11.8 Å². The van der Waals surface area contributed by atoms with Crippen LogP contribution in [0.5, 0.6) is 0 Å². The lowest BCUT2D eigenvalue weighted by Crippen LogP contribution is -2.57. The summed E-state index contributed by atoms with van der Waals surface area (Å²) in [5, 5.41) is 6.57. The molecule has 2 N–H and O–H groups in total. The van der Waals surface area contributed by atoms with E-state index < -0.39 is 6.04 Å². The highest BCUT2D eigenvalue weighted by Crippen LogP contribution is 2.41. The third kappa shape index (κ3) is 6.82. The molecule has 190 valence electrons. The van der Waals surface area contributed by atoms with E-state index in [0.29, 0.717) is 12.5 Å². The molecule has 2 amide bonds. The molecule has 6 nitrogen and oxygen atoms in total. The summed E-state index contributed by atoms with van der Waals surface area (Å²) in [4.78, 5) is 28.8. The molecule has 0 bridgehead atoms. The molecule has 0 radical (unpaired) electrons. The van der Waals surface area contributed by atoms with Crippen LogP contribution in [0.25, 0.3) is 0 Å². The lowest BCUT2D eigenvalue weighted by atomic mass is 9.69. The zero-order valence-electron chi connectivity index (χ0n) is 21.8. The minimum absolute atomic E-state index is 0.000162. The second-order valence-electron chi connectivity index (χ2n) is 11.2. The zero-order valence-corrected chi connectivity index (χ0v) is 21.8. The smallest absolute Gasteiger partial charge is 0.245 e. The lowest BCUT2D eigenvalue weighted by Gasteiger charge is -2.46. The zero-order chi connectivity index (χ0) is 24.7. The highest BCUT2D eigenvalue weighted by atomic mass is 16.5. The molecule has 6 heteroatoms. The molecule has 0 aromatic heterocycles. The molecule has 0 saturated carbocycles. The molecular weight excluding hydrogens is 426 g/mol. The first-order chi connectivity index (χ1) is 16.2. The van der Waals surface area contributed by atoms with Gasteiger partial charge in [0, 0.05) is 32.8 Å². The number of piperidine rings is 1. The Morgan fingerprint density at radius 3 is 2.68 bits per heavy atom. The summed E-state index contributed by atoms with van der Waals surface area (Å²) in [7, 11) is 1.69. The van der Waals surface area contributed by atoms with E-state index in [1.54, 1.807) is 7.11 Å². The Bertz CT molecular complexity index is 799. The Balaban J connectivity index is 1.60. The van der Waals surface area contributed by atoms with Gasteiger partial charge in [-0.1, -0.05) is 58.1 Å². The summed E-state index contributed by atoms with van der Waals surface area (Å²) in [6.45, 7) is 11.5. The molecule has 0 aromatic rings. The predicted molar refractivity (Wildman–Crippen MR) is 137 cm³/mol. The van der Waals surface area contributed by atoms with Gasteiger partial charge < -0.3 is 20.3 Å². The monoisotopic (exact) mass is 471 g/mol. The fraction of sp³-hybridized carbons (Fsp3) is 0.714. The average molecular weight is 472 g/mol. The molecule has 4 atom stereocenters.